The van der Waals surface area contributed by atoms with E-state index in [4.69, 9.17) is 4.74 Å². The van der Waals surface area contributed by atoms with Crippen LogP contribution in [0, 0.1) is 5.82 Å². The Morgan fingerprint density at radius 2 is 1.96 bits per heavy atom. The van der Waals surface area contributed by atoms with Gasteiger partial charge in [0, 0.05) is 13.1 Å². The van der Waals surface area contributed by atoms with Crippen molar-refractivity contribution in [2.75, 3.05) is 13.1 Å². The number of aliphatic carboxylic acids is 1. The molecule has 142 valence electrons. The van der Waals surface area contributed by atoms with E-state index in [2.05, 4.69) is 0 Å². The molecule has 0 bridgehead atoms. The van der Waals surface area contributed by atoms with E-state index in [1.54, 1.807) is 17.0 Å². The van der Waals surface area contributed by atoms with Crippen molar-refractivity contribution in [3.05, 3.63) is 35.1 Å². The van der Waals surface area contributed by atoms with Gasteiger partial charge in [0.1, 0.15) is 11.4 Å². The minimum absolute atomic E-state index is 0.0517. The number of hydrogen-bond donors (Lipinski definition) is 1. The average Bonchev–Trinajstić information content (AvgIpc) is 2.79. The number of benzene rings is 1. The summed E-state index contributed by atoms with van der Waals surface area (Å²) in [6, 6.07) is 4.69. The summed E-state index contributed by atoms with van der Waals surface area (Å²) in [5.41, 5.74) is 1.07. The number of halogens is 1. The maximum atomic E-state index is 13.9. The zero-order valence-electron chi connectivity index (χ0n) is 15.5. The first-order chi connectivity index (χ1) is 12.1. The molecule has 1 N–H and O–H groups in total. The number of carboxylic acid groups (broad SMARTS) is 1. The van der Waals surface area contributed by atoms with Crippen LogP contribution in [0.2, 0.25) is 0 Å². The van der Waals surface area contributed by atoms with E-state index in [1.807, 2.05) is 20.8 Å². The van der Waals surface area contributed by atoms with Gasteiger partial charge in [-0.2, -0.15) is 0 Å². The van der Waals surface area contributed by atoms with Gasteiger partial charge in [0.05, 0.1) is 6.42 Å². The quantitative estimate of drug-likeness (QED) is 0.861. The summed E-state index contributed by atoms with van der Waals surface area (Å²) in [5.74, 6) is -1.24. The Kier molecular flexibility index (Phi) is 4.71. The van der Waals surface area contributed by atoms with Gasteiger partial charge in [0.25, 0.3) is 0 Å². The molecule has 1 aromatic carbocycles. The summed E-state index contributed by atoms with van der Waals surface area (Å²) in [6.45, 7) is 6.57. The number of nitrogens with zero attached hydrogens (tertiary/aromatic N) is 1. The molecule has 1 aromatic rings. The third-order valence-corrected chi connectivity index (χ3v) is 5.46. The van der Waals surface area contributed by atoms with Crippen LogP contribution in [0.15, 0.2) is 18.2 Å². The summed E-state index contributed by atoms with van der Waals surface area (Å²) < 4.78 is 19.3. The summed E-state index contributed by atoms with van der Waals surface area (Å²) in [6.07, 6.45) is 1.81. The third-order valence-electron chi connectivity index (χ3n) is 5.46. The van der Waals surface area contributed by atoms with Crippen molar-refractivity contribution in [3.63, 3.8) is 0 Å². The molecule has 1 aliphatic heterocycles. The lowest BCUT2D eigenvalue weighted by Gasteiger charge is -2.40. The second-order valence-electron chi connectivity index (χ2n) is 8.48. The van der Waals surface area contributed by atoms with Crippen molar-refractivity contribution in [3.8, 4) is 0 Å². The molecule has 0 radical (unpaired) electrons. The summed E-state index contributed by atoms with van der Waals surface area (Å²) in [4.78, 5) is 25.2. The van der Waals surface area contributed by atoms with Gasteiger partial charge in [0.15, 0.2) is 0 Å². The van der Waals surface area contributed by atoms with E-state index >= 15 is 0 Å². The summed E-state index contributed by atoms with van der Waals surface area (Å²) >= 11 is 0. The molecule has 1 amide bonds. The molecule has 1 atom stereocenters. The Balaban J connectivity index is 1.79. The normalized spacial score (nSPS) is 21.5. The van der Waals surface area contributed by atoms with Crippen molar-refractivity contribution >= 4 is 12.1 Å². The van der Waals surface area contributed by atoms with Crippen LogP contribution >= 0.6 is 0 Å². The van der Waals surface area contributed by atoms with E-state index in [-0.39, 0.29) is 29.7 Å². The van der Waals surface area contributed by atoms with Gasteiger partial charge in [-0.15, -0.1) is 0 Å². The Bertz CT molecular complexity index is 717. The van der Waals surface area contributed by atoms with E-state index in [9.17, 15) is 19.1 Å². The molecular formula is C20H26FNO4. The Morgan fingerprint density at radius 1 is 1.31 bits per heavy atom. The first-order valence-corrected chi connectivity index (χ1v) is 9.09. The molecule has 0 unspecified atom stereocenters. The predicted octanol–water partition coefficient (Wildman–Crippen LogP) is 4.06. The number of carbonyl (C=O) groups is 2. The molecule has 1 aliphatic carbocycles. The van der Waals surface area contributed by atoms with Gasteiger partial charge in [-0.25, -0.2) is 9.18 Å². The standard InChI is InChI=1S/C20H26FNO4/c1-19(2,3)26-18(25)22-8-6-20(7-9-22)12-13(10-17(23)24)15-5-4-14(21)11-16(15)20/h4-5,11,13H,6-10,12H2,1-3H3,(H,23,24)/t13-/m0/s1. The highest BCUT2D eigenvalue weighted by Crippen LogP contribution is 2.53. The second-order valence-corrected chi connectivity index (χ2v) is 8.48. The van der Waals surface area contributed by atoms with Crippen molar-refractivity contribution < 1.29 is 23.8 Å². The van der Waals surface area contributed by atoms with Crippen LogP contribution in [-0.4, -0.2) is 40.8 Å². The van der Waals surface area contributed by atoms with Crippen LogP contribution in [0.5, 0.6) is 0 Å². The van der Waals surface area contributed by atoms with Gasteiger partial charge in [-0.1, -0.05) is 6.07 Å². The fourth-order valence-electron chi connectivity index (χ4n) is 4.35. The molecule has 0 aromatic heterocycles. The minimum Gasteiger partial charge on any atom is -0.481 e. The number of ether oxygens (including phenoxy) is 1. The number of carbonyl (C=O) groups excluding carboxylic acids is 1. The molecule has 26 heavy (non-hydrogen) atoms. The monoisotopic (exact) mass is 363 g/mol. The number of amides is 1. The lowest BCUT2D eigenvalue weighted by Crippen LogP contribution is -2.46. The average molecular weight is 363 g/mol. The molecule has 1 heterocycles. The topological polar surface area (TPSA) is 66.8 Å². The number of fused-ring (bicyclic) bond motifs is 2. The third kappa shape index (κ3) is 3.69. The first kappa shape index (κ1) is 18.7. The number of piperidine rings is 1. The number of rotatable bonds is 2. The van der Waals surface area contributed by atoms with Crippen LogP contribution in [0.3, 0.4) is 0 Å². The molecule has 1 saturated heterocycles. The number of hydrogen-bond acceptors (Lipinski definition) is 3. The maximum absolute atomic E-state index is 13.9. The molecule has 0 saturated carbocycles. The van der Waals surface area contributed by atoms with Crippen LogP contribution < -0.4 is 0 Å². The van der Waals surface area contributed by atoms with Crippen LogP contribution in [-0.2, 0) is 14.9 Å². The van der Waals surface area contributed by atoms with Gasteiger partial charge >= 0.3 is 12.1 Å². The van der Waals surface area contributed by atoms with Gasteiger partial charge in [0.2, 0.25) is 0 Å². The lowest BCUT2D eigenvalue weighted by atomic mass is 9.73. The van der Waals surface area contributed by atoms with Crippen molar-refractivity contribution in [1.29, 1.82) is 0 Å². The van der Waals surface area contributed by atoms with Gasteiger partial charge < -0.3 is 14.7 Å². The second kappa shape index (κ2) is 6.56. The van der Waals surface area contributed by atoms with E-state index in [0.29, 0.717) is 32.4 Å². The molecule has 6 heteroatoms. The number of carboxylic acids is 1. The van der Waals surface area contributed by atoms with Crippen molar-refractivity contribution in [2.45, 2.75) is 63.4 Å². The summed E-state index contributed by atoms with van der Waals surface area (Å²) in [5, 5.41) is 9.22. The van der Waals surface area contributed by atoms with E-state index < -0.39 is 11.6 Å². The Morgan fingerprint density at radius 3 is 2.54 bits per heavy atom. The largest absolute Gasteiger partial charge is 0.481 e. The fourth-order valence-corrected chi connectivity index (χ4v) is 4.35. The predicted molar refractivity (Wildman–Crippen MR) is 94.7 cm³/mol. The SMILES string of the molecule is CC(C)(C)OC(=O)N1CCC2(CC1)C[C@H](CC(=O)O)c1ccc(F)cc12. The van der Waals surface area contributed by atoms with Crippen LogP contribution in [0.25, 0.3) is 0 Å². The Hall–Kier alpha value is -2.11. The Labute approximate surface area is 153 Å². The molecule has 3 rings (SSSR count). The van der Waals surface area contributed by atoms with Crippen molar-refractivity contribution in [2.24, 2.45) is 0 Å². The smallest absolute Gasteiger partial charge is 0.410 e. The molecule has 2 aliphatic rings. The first-order valence-electron chi connectivity index (χ1n) is 9.09. The van der Waals surface area contributed by atoms with Gasteiger partial charge in [-0.3, -0.25) is 4.79 Å². The minimum atomic E-state index is -0.839. The van der Waals surface area contributed by atoms with Crippen LogP contribution in [0.4, 0.5) is 9.18 Å². The van der Waals surface area contributed by atoms with Crippen molar-refractivity contribution in [1.82, 2.24) is 4.90 Å². The molecule has 1 spiro atoms. The maximum Gasteiger partial charge on any atom is 0.410 e. The zero-order chi connectivity index (χ0) is 19.1. The van der Waals surface area contributed by atoms with E-state index in [0.717, 1.165) is 11.1 Å². The lowest BCUT2D eigenvalue weighted by molar-refractivity contribution is -0.137. The molecule has 5 nitrogen and oxygen atoms in total. The highest BCUT2D eigenvalue weighted by molar-refractivity contribution is 5.69. The molecular weight excluding hydrogens is 337 g/mol. The molecule has 1 fully saturated rings. The van der Waals surface area contributed by atoms with Gasteiger partial charge in [-0.05, 0) is 74.6 Å². The highest BCUT2D eigenvalue weighted by Gasteiger charge is 2.46. The summed E-state index contributed by atoms with van der Waals surface area (Å²) in [7, 11) is 0. The number of likely N-dealkylation sites (tertiary alicyclic amines) is 1. The zero-order valence-corrected chi connectivity index (χ0v) is 15.5. The van der Waals surface area contributed by atoms with E-state index in [1.165, 1.54) is 6.07 Å². The van der Waals surface area contributed by atoms with Crippen LogP contribution in [0.1, 0.15) is 63.5 Å². The fraction of sp³-hybridized carbons (Fsp3) is 0.600. The highest BCUT2D eigenvalue weighted by atomic mass is 19.1.